The molecule has 0 N–H and O–H groups in total. The number of aromatic nitrogens is 6. The Bertz CT molecular complexity index is 1170. The van der Waals surface area contributed by atoms with Crippen LogP contribution >= 0.6 is 0 Å². The Morgan fingerprint density at radius 3 is 1.03 bits per heavy atom. The van der Waals surface area contributed by atoms with Crippen LogP contribution in [0.3, 0.4) is 0 Å². The van der Waals surface area contributed by atoms with Crippen molar-refractivity contribution in [3.8, 4) is 47.0 Å². The van der Waals surface area contributed by atoms with Gasteiger partial charge >= 0.3 is 24.0 Å². The van der Waals surface area contributed by atoms with Crippen molar-refractivity contribution in [2.24, 2.45) is 0 Å². The minimum atomic E-state index is 0.0580. The molecule has 1 aliphatic heterocycles. The largest absolute Gasteiger partial charge is 0.424 e. The van der Waals surface area contributed by atoms with Gasteiger partial charge in [-0.15, -0.1) is 9.97 Å². The zero-order valence-corrected chi connectivity index (χ0v) is 18.8. The van der Waals surface area contributed by atoms with Crippen LogP contribution in [0.1, 0.15) is 0 Å². The van der Waals surface area contributed by atoms with E-state index in [-0.39, 0.29) is 24.0 Å². The van der Waals surface area contributed by atoms with E-state index in [1.54, 1.807) is 86.5 Å². The molecular weight excluding hydrogens is 440 g/mol. The molecule has 0 fully saturated rings. The summed E-state index contributed by atoms with van der Waals surface area (Å²) < 4.78 is 23.6. The summed E-state index contributed by atoms with van der Waals surface area (Å²) in [7, 11) is 7.22. The predicted octanol–water partition coefficient (Wildman–Crippen LogP) is 3.67. The lowest BCUT2D eigenvalue weighted by Crippen LogP contribution is -2.14. The summed E-state index contributed by atoms with van der Waals surface area (Å²) in [4.78, 5) is 29.4. The van der Waals surface area contributed by atoms with Crippen molar-refractivity contribution in [2.75, 3.05) is 38.0 Å². The first kappa shape index (κ1) is 21.1. The van der Waals surface area contributed by atoms with Crippen LogP contribution in [0, 0.1) is 0 Å². The average Bonchev–Trinajstić information content (AvgIpc) is 2.78. The van der Waals surface area contributed by atoms with E-state index in [0.29, 0.717) is 34.9 Å². The number of benzene rings is 2. The van der Waals surface area contributed by atoms with Gasteiger partial charge in [0.1, 0.15) is 23.0 Å². The first-order chi connectivity index (χ1) is 16.4. The minimum Gasteiger partial charge on any atom is -0.424 e. The third-order valence-electron chi connectivity index (χ3n) is 4.41. The van der Waals surface area contributed by atoms with Crippen molar-refractivity contribution in [3.63, 3.8) is 0 Å². The molecule has 0 radical (unpaired) electrons. The Balaban J connectivity index is 1.64. The molecule has 4 aromatic rings. The Kier molecular flexibility index (Phi) is 5.38. The van der Waals surface area contributed by atoms with Crippen LogP contribution in [0.2, 0.25) is 0 Å². The van der Waals surface area contributed by atoms with E-state index >= 15 is 0 Å². The highest BCUT2D eigenvalue weighted by Gasteiger charge is 2.16. The predicted molar refractivity (Wildman–Crippen MR) is 121 cm³/mol. The third-order valence-corrected chi connectivity index (χ3v) is 4.41. The van der Waals surface area contributed by atoms with Gasteiger partial charge in [0.25, 0.3) is 0 Å². The summed E-state index contributed by atoms with van der Waals surface area (Å²) in [6, 6.07) is 14.0. The van der Waals surface area contributed by atoms with Crippen LogP contribution in [0.25, 0.3) is 0 Å². The molecule has 12 heteroatoms. The fraction of sp³-hybridized carbons (Fsp3) is 0.182. The van der Waals surface area contributed by atoms with Crippen molar-refractivity contribution in [2.45, 2.75) is 0 Å². The van der Waals surface area contributed by atoms with Gasteiger partial charge in [-0.3, -0.25) is 0 Å². The second-order valence-electron chi connectivity index (χ2n) is 7.55. The summed E-state index contributed by atoms with van der Waals surface area (Å²) in [6.45, 7) is 0. The zero-order chi connectivity index (χ0) is 23.7. The molecule has 0 atom stereocenters. The Morgan fingerprint density at radius 1 is 0.471 bits per heavy atom. The summed E-state index contributed by atoms with van der Waals surface area (Å²) in [6.07, 6.45) is 0. The van der Waals surface area contributed by atoms with Gasteiger partial charge in [-0.2, -0.15) is 19.9 Å². The number of hydrogen-bond acceptors (Lipinski definition) is 12. The van der Waals surface area contributed by atoms with Gasteiger partial charge in [0.15, 0.2) is 0 Å². The molecule has 3 heterocycles. The number of fused-ring (bicyclic) bond motifs is 8. The topological polar surface area (TPSA) is 121 Å². The molecule has 0 unspecified atom stereocenters. The van der Waals surface area contributed by atoms with Crippen molar-refractivity contribution in [1.29, 1.82) is 0 Å². The van der Waals surface area contributed by atoms with Gasteiger partial charge in [-0.05, 0) is 24.3 Å². The quantitative estimate of drug-likeness (QED) is 0.382. The van der Waals surface area contributed by atoms with Gasteiger partial charge in [0.2, 0.25) is 11.9 Å². The van der Waals surface area contributed by atoms with Crippen LogP contribution in [0.4, 0.5) is 11.9 Å². The molecule has 0 amide bonds. The molecule has 8 bridgehead atoms. The number of hydrogen-bond donors (Lipinski definition) is 0. The van der Waals surface area contributed by atoms with Gasteiger partial charge < -0.3 is 28.7 Å². The molecule has 0 aliphatic carbocycles. The van der Waals surface area contributed by atoms with Crippen LogP contribution in [-0.4, -0.2) is 58.1 Å². The minimum absolute atomic E-state index is 0.0580. The van der Waals surface area contributed by atoms with Gasteiger partial charge in [-0.25, -0.2) is 0 Å². The molecule has 0 spiro atoms. The molecule has 0 saturated carbocycles. The Morgan fingerprint density at radius 2 is 0.765 bits per heavy atom. The fourth-order valence-electron chi connectivity index (χ4n) is 2.86. The molecule has 34 heavy (non-hydrogen) atoms. The van der Waals surface area contributed by atoms with E-state index in [4.69, 9.17) is 18.9 Å². The zero-order valence-electron chi connectivity index (χ0n) is 18.8. The van der Waals surface area contributed by atoms with E-state index < -0.39 is 0 Å². The Hall–Kier alpha value is -4.74. The van der Waals surface area contributed by atoms with Gasteiger partial charge in [0.05, 0.1) is 0 Å². The monoisotopic (exact) mass is 460 g/mol. The lowest BCUT2D eigenvalue weighted by Gasteiger charge is -2.15. The highest BCUT2D eigenvalue weighted by Crippen LogP contribution is 2.31. The fourth-order valence-corrected chi connectivity index (χ4v) is 2.86. The van der Waals surface area contributed by atoms with E-state index in [1.165, 1.54) is 0 Å². The Labute approximate surface area is 194 Å². The SMILES string of the molecule is CN(C)c1nc2nc(n1)Oc1cccc(c1)Oc1nc(nc(N(C)C)n1)Oc1cccc(c1)O2. The second kappa shape index (κ2) is 8.65. The van der Waals surface area contributed by atoms with Crippen LogP contribution in [0.15, 0.2) is 48.5 Å². The molecule has 172 valence electrons. The maximum atomic E-state index is 5.89. The highest BCUT2D eigenvalue weighted by atomic mass is 16.5. The third kappa shape index (κ3) is 4.70. The molecule has 2 aromatic carbocycles. The number of ether oxygens (including phenoxy) is 4. The molecular formula is C22H20N8O4. The second-order valence-corrected chi connectivity index (χ2v) is 7.55. The molecule has 12 nitrogen and oxygen atoms in total. The lowest BCUT2D eigenvalue weighted by molar-refractivity contribution is 0.380. The first-order valence-corrected chi connectivity index (χ1v) is 10.2. The van der Waals surface area contributed by atoms with E-state index in [2.05, 4.69) is 29.9 Å². The van der Waals surface area contributed by atoms with Crippen LogP contribution in [0.5, 0.6) is 47.0 Å². The van der Waals surface area contributed by atoms with E-state index in [9.17, 15) is 0 Å². The summed E-state index contributed by atoms with van der Waals surface area (Å²) in [5, 5.41) is 0. The van der Waals surface area contributed by atoms with Crippen molar-refractivity contribution < 1.29 is 18.9 Å². The number of anilines is 2. The summed E-state index contributed by atoms with van der Waals surface area (Å²) in [5.41, 5.74) is 0. The smallest absolute Gasteiger partial charge is 0.330 e. The number of nitrogens with zero attached hydrogens (tertiary/aromatic N) is 8. The maximum absolute atomic E-state index is 5.89. The maximum Gasteiger partial charge on any atom is 0.330 e. The molecule has 2 aromatic heterocycles. The van der Waals surface area contributed by atoms with Crippen molar-refractivity contribution in [3.05, 3.63) is 48.5 Å². The van der Waals surface area contributed by atoms with Gasteiger partial charge in [-0.1, -0.05) is 12.1 Å². The molecule has 1 aliphatic rings. The van der Waals surface area contributed by atoms with Crippen molar-refractivity contribution >= 4 is 11.9 Å². The molecule has 5 rings (SSSR count). The first-order valence-electron chi connectivity index (χ1n) is 10.2. The summed E-state index contributed by atoms with van der Waals surface area (Å²) >= 11 is 0. The van der Waals surface area contributed by atoms with E-state index in [1.807, 2.05) is 0 Å². The van der Waals surface area contributed by atoms with E-state index in [0.717, 1.165) is 0 Å². The van der Waals surface area contributed by atoms with Crippen LogP contribution < -0.4 is 28.7 Å². The summed E-state index contributed by atoms with van der Waals surface area (Å²) in [5.74, 6) is 2.48. The standard InChI is InChI=1S/C22H20N8O4/c1-29(2)17-23-19-27-20(24-17)32-14-8-6-10-16(12-14)34-22-26-18(30(3)4)25-21(28-22)33-15-9-5-7-13(11-15)31-19/h5-12H,1-4H3. The average molecular weight is 460 g/mol. The van der Waals surface area contributed by atoms with Crippen molar-refractivity contribution in [1.82, 2.24) is 29.9 Å². The van der Waals surface area contributed by atoms with Gasteiger partial charge in [0, 0.05) is 40.3 Å². The van der Waals surface area contributed by atoms with Crippen LogP contribution in [-0.2, 0) is 0 Å². The lowest BCUT2D eigenvalue weighted by atomic mass is 10.3. The number of rotatable bonds is 2. The highest BCUT2D eigenvalue weighted by molar-refractivity contribution is 5.40. The normalized spacial score (nSPS) is 11.9. The molecule has 0 saturated heterocycles.